The third kappa shape index (κ3) is 1.93. The molecule has 0 radical (unpaired) electrons. The van der Waals surface area contributed by atoms with Crippen LogP contribution >= 0.6 is 0 Å². The first-order valence-corrected chi connectivity index (χ1v) is 3.69. The molecule has 0 bridgehead atoms. The molecule has 2 heteroatoms. The molecule has 0 aromatic carbocycles. The summed E-state index contributed by atoms with van der Waals surface area (Å²) in [7, 11) is 0. The standard InChI is InChI=1S/C9H13NO/c1-8(11)10-6-4-9(2,3)5-7-10/h4-7H,1-3H3. The highest BCUT2D eigenvalue weighted by Gasteiger charge is 2.14. The molecule has 1 heterocycles. The van der Waals surface area contributed by atoms with Gasteiger partial charge < -0.3 is 0 Å². The van der Waals surface area contributed by atoms with E-state index in [0.717, 1.165) is 0 Å². The molecule has 0 aromatic rings. The summed E-state index contributed by atoms with van der Waals surface area (Å²) in [5, 5.41) is 0. The molecule has 0 aliphatic carbocycles. The van der Waals surface area contributed by atoms with Crippen LogP contribution in [0.4, 0.5) is 0 Å². The predicted octanol–water partition coefficient (Wildman–Crippen LogP) is 1.90. The second kappa shape index (κ2) is 2.53. The molecule has 0 unspecified atom stereocenters. The van der Waals surface area contributed by atoms with E-state index < -0.39 is 0 Å². The maximum absolute atomic E-state index is 10.8. The van der Waals surface area contributed by atoms with Crippen molar-refractivity contribution in [3.05, 3.63) is 24.6 Å². The summed E-state index contributed by atoms with van der Waals surface area (Å²) >= 11 is 0. The molecule has 0 atom stereocenters. The zero-order valence-corrected chi connectivity index (χ0v) is 7.16. The molecule has 0 saturated heterocycles. The molecular formula is C9H13NO. The van der Waals surface area contributed by atoms with E-state index in [2.05, 4.69) is 13.8 Å². The van der Waals surface area contributed by atoms with Crippen molar-refractivity contribution in [3.63, 3.8) is 0 Å². The van der Waals surface area contributed by atoms with Crippen molar-refractivity contribution in [2.45, 2.75) is 20.8 Å². The minimum Gasteiger partial charge on any atom is -0.296 e. The third-order valence-electron chi connectivity index (χ3n) is 1.69. The van der Waals surface area contributed by atoms with Crippen LogP contribution in [0, 0.1) is 5.41 Å². The van der Waals surface area contributed by atoms with Crippen molar-refractivity contribution >= 4 is 5.91 Å². The van der Waals surface area contributed by atoms with Gasteiger partial charge >= 0.3 is 0 Å². The molecule has 0 fully saturated rings. The Morgan fingerprint density at radius 2 is 1.73 bits per heavy atom. The summed E-state index contributed by atoms with van der Waals surface area (Å²) in [5.74, 6) is 0.0491. The van der Waals surface area contributed by atoms with Gasteiger partial charge in [-0.15, -0.1) is 0 Å². The van der Waals surface area contributed by atoms with Crippen molar-refractivity contribution < 1.29 is 4.79 Å². The monoisotopic (exact) mass is 151 g/mol. The number of hydrogen-bond acceptors (Lipinski definition) is 1. The van der Waals surface area contributed by atoms with E-state index in [1.165, 1.54) is 0 Å². The summed E-state index contributed by atoms with van der Waals surface area (Å²) in [5.41, 5.74) is 0.0892. The van der Waals surface area contributed by atoms with Crippen LogP contribution in [0.5, 0.6) is 0 Å². The number of rotatable bonds is 0. The largest absolute Gasteiger partial charge is 0.296 e. The SMILES string of the molecule is CC(=O)N1C=CC(C)(C)C=C1. The van der Waals surface area contributed by atoms with Crippen LogP contribution in [0.15, 0.2) is 24.6 Å². The molecule has 0 N–H and O–H groups in total. The summed E-state index contributed by atoms with van der Waals surface area (Å²) in [6.45, 7) is 5.74. The van der Waals surface area contributed by atoms with Crippen molar-refractivity contribution in [3.8, 4) is 0 Å². The van der Waals surface area contributed by atoms with Crippen LogP contribution in [-0.4, -0.2) is 10.8 Å². The molecule has 0 aromatic heterocycles. The third-order valence-corrected chi connectivity index (χ3v) is 1.69. The number of allylic oxidation sites excluding steroid dienone is 2. The zero-order valence-electron chi connectivity index (χ0n) is 7.16. The maximum atomic E-state index is 10.8. The van der Waals surface area contributed by atoms with Gasteiger partial charge in [-0.3, -0.25) is 9.69 Å². The van der Waals surface area contributed by atoms with Crippen LogP contribution in [0.3, 0.4) is 0 Å². The first-order valence-electron chi connectivity index (χ1n) is 3.69. The van der Waals surface area contributed by atoms with E-state index in [0.29, 0.717) is 0 Å². The van der Waals surface area contributed by atoms with Crippen molar-refractivity contribution in [1.29, 1.82) is 0 Å². The Morgan fingerprint density at radius 3 is 2.09 bits per heavy atom. The molecular weight excluding hydrogens is 138 g/mol. The molecule has 0 saturated carbocycles. The quantitative estimate of drug-likeness (QED) is 0.518. The van der Waals surface area contributed by atoms with E-state index >= 15 is 0 Å². The molecule has 1 amide bonds. The Hall–Kier alpha value is -1.05. The van der Waals surface area contributed by atoms with Gasteiger partial charge in [0.1, 0.15) is 0 Å². The Morgan fingerprint density at radius 1 is 1.27 bits per heavy atom. The highest BCUT2D eigenvalue weighted by Crippen LogP contribution is 2.23. The fourth-order valence-electron chi connectivity index (χ4n) is 0.860. The van der Waals surface area contributed by atoms with Crippen LogP contribution in [0.1, 0.15) is 20.8 Å². The number of hydrogen-bond donors (Lipinski definition) is 0. The Kier molecular flexibility index (Phi) is 1.85. The van der Waals surface area contributed by atoms with E-state index in [-0.39, 0.29) is 11.3 Å². The van der Waals surface area contributed by atoms with Gasteiger partial charge in [0, 0.05) is 24.7 Å². The van der Waals surface area contributed by atoms with Gasteiger partial charge in [0.15, 0.2) is 0 Å². The number of carbonyl (C=O) groups excluding carboxylic acids is 1. The van der Waals surface area contributed by atoms with Crippen molar-refractivity contribution in [2.75, 3.05) is 0 Å². The molecule has 0 spiro atoms. The molecule has 1 aliphatic heterocycles. The number of amides is 1. The van der Waals surface area contributed by atoms with Crippen molar-refractivity contribution in [1.82, 2.24) is 4.90 Å². The van der Waals surface area contributed by atoms with Gasteiger partial charge in [0.05, 0.1) is 0 Å². The van der Waals surface area contributed by atoms with Crippen LogP contribution < -0.4 is 0 Å². The van der Waals surface area contributed by atoms with Crippen LogP contribution in [0.2, 0.25) is 0 Å². The minimum absolute atomic E-state index is 0.0491. The highest BCUT2D eigenvalue weighted by molar-refractivity contribution is 5.75. The van der Waals surface area contributed by atoms with E-state index in [9.17, 15) is 4.79 Å². The lowest BCUT2D eigenvalue weighted by Gasteiger charge is -2.23. The van der Waals surface area contributed by atoms with E-state index in [1.54, 1.807) is 11.8 Å². The summed E-state index contributed by atoms with van der Waals surface area (Å²) < 4.78 is 0. The summed E-state index contributed by atoms with van der Waals surface area (Å²) in [4.78, 5) is 12.4. The van der Waals surface area contributed by atoms with E-state index in [4.69, 9.17) is 0 Å². The van der Waals surface area contributed by atoms with Gasteiger partial charge in [-0.05, 0) is 0 Å². The van der Waals surface area contributed by atoms with Crippen molar-refractivity contribution in [2.24, 2.45) is 5.41 Å². The van der Waals surface area contributed by atoms with E-state index in [1.807, 2.05) is 24.6 Å². The lowest BCUT2D eigenvalue weighted by atomic mass is 9.92. The maximum Gasteiger partial charge on any atom is 0.227 e. The lowest BCUT2D eigenvalue weighted by molar-refractivity contribution is -0.124. The Bertz CT molecular complexity index is 210. The average Bonchev–Trinajstić information content (AvgIpc) is 1.86. The smallest absolute Gasteiger partial charge is 0.227 e. The molecule has 1 rings (SSSR count). The first kappa shape index (κ1) is 8.05. The minimum atomic E-state index is 0.0491. The summed E-state index contributed by atoms with van der Waals surface area (Å²) in [6.07, 6.45) is 7.63. The second-order valence-corrected chi connectivity index (χ2v) is 3.38. The van der Waals surface area contributed by atoms with Gasteiger partial charge in [0.2, 0.25) is 5.91 Å². The average molecular weight is 151 g/mol. The topological polar surface area (TPSA) is 20.3 Å². The lowest BCUT2D eigenvalue weighted by Crippen LogP contribution is -2.21. The molecule has 1 aliphatic rings. The highest BCUT2D eigenvalue weighted by atomic mass is 16.2. The predicted molar refractivity (Wildman–Crippen MR) is 44.6 cm³/mol. The Labute approximate surface area is 67.2 Å². The molecule has 60 valence electrons. The summed E-state index contributed by atoms with van der Waals surface area (Å²) in [6, 6.07) is 0. The van der Waals surface area contributed by atoms with Crippen LogP contribution in [0.25, 0.3) is 0 Å². The second-order valence-electron chi connectivity index (χ2n) is 3.38. The molecule has 11 heavy (non-hydrogen) atoms. The fourth-order valence-corrected chi connectivity index (χ4v) is 0.860. The van der Waals surface area contributed by atoms with Gasteiger partial charge in [-0.1, -0.05) is 26.0 Å². The first-order chi connectivity index (χ1) is 5.01. The Balaban J connectivity index is 2.72. The van der Waals surface area contributed by atoms with Gasteiger partial charge in [0.25, 0.3) is 0 Å². The van der Waals surface area contributed by atoms with Crippen LogP contribution in [-0.2, 0) is 4.79 Å². The normalized spacial score (nSPS) is 20.5. The van der Waals surface area contributed by atoms with Gasteiger partial charge in [-0.2, -0.15) is 0 Å². The molecule has 2 nitrogen and oxygen atoms in total. The number of carbonyl (C=O) groups is 1. The van der Waals surface area contributed by atoms with Gasteiger partial charge in [-0.25, -0.2) is 0 Å². The number of nitrogens with zero attached hydrogens (tertiary/aromatic N) is 1. The fraction of sp³-hybridized carbons (Fsp3) is 0.444. The zero-order chi connectivity index (χ0) is 8.48.